The van der Waals surface area contributed by atoms with Gasteiger partial charge < -0.3 is 0 Å². The molecule has 0 atom stereocenters. The van der Waals surface area contributed by atoms with Crippen LogP contribution < -0.4 is 4.72 Å². The monoisotopic (exact) mass is 384 g/mol. The fraction of sp³-hybridized carbons (Fsp3) is 0.150. The van der Waals surface area contributed by atoms with Gasteiger partial charge in [-0.3, -0.25) is 0 Å². The van der Waals surface area contributed by atoms with Crippen LogP contribution in [0.1, 0.15) is 21.7 Å². The van der Waals surface area contributed by atoms with Crippen molar-refractivity contribution in [1.29, 1.82) is 0 Å². The average Bonchev–Trinajstić information content (AvgIpc) is 3.01. The molecule has 6 heteroatoms. The Morgan fingerprint density at radius 1 is 1.04 bits per heavy atom. The van der Waals surface area contributed by atoms with E-state index >= 15 is 0 Å². The zero-order valence-electron chi connectivity index (χ0n) is 14.6. The predicted octanol–water partition coefficient (Wildman–Crippen LogP) is 4.52. The van der Waals surface area contributed by atoms with Gasteiger partial charge in [-0.15, -0.1) is 11.3 Å². The van der Waals surface area contributed by atoms with Crippen LogP contribution in [0, 0.1) is 13.8 Å². The number of hydrogen-bond donors (Lipinski definition) is 1. The summed E-state index contributed by atoms with van der Waals surface area (Å²) < 4.78 is 27.1. The van der Waals surface area contributed by atoms with Crippen LogP contribution in [-0.4, -0.2) is 13.4 Å². The molecule has 2 aromatic carbocycles. The van der Waals surface area contributed by atoms with E-state index in [1.807, 2.05) is 68.4 Å². The SMILES string of the molecule is Cc1ccc(/C=C/S(=O)(=O)NCc2sc(-c3ccccc3)nc2C)cc1. The van der Waals surface area contributed by atoms with Crippen molar-refractivity contribution in [2.24, 2.45) is 0 Å². The second-order valence-electron chi connectivity index (χ2n) is 5.97. The Bertz CT molecular complexity index is 1010. The fourth-order valence-electron chi connectivity index (χ4n) is 2.36. The standard InChI is InChI=1S/C20H20N2O2S2/c1-15-8-10-17(11-9-15)12-13-26(23,24)21-14-19-16(2)22-20(25-19)18-6-4-3-5-7-18/h3-13,21H,14H2,1-2H3/b13-12+. The minimum absolute atomic E-state index is 0.233. The fourth-order valence-corrected chi connectivity index (χ4v) is 4.23. The van der Waals surface area contributed by atoms with Crippen molar-refractivity contribution in [3.8, 4) is 10.6 Å². The molecule has 1 N–H and O–H groups in total. The van der Waals surface area contributed by atoms with Gasteiger partial charge in [0.1, 0.15) is 5.01 Å². The molecule has 0 unspecified atom stereocenters. The van der Waals surface area contributed by atoms with Crippen LogP contribution in [0.3, 0.4) is 0 Å². The van der Waals surface area contributed by atoms with Gasteiger partial charge in [0.15, 0.2) is 0 Å². The van der Waals surface area contributed by atoms with Gasteiger partial charge >= 0.3 is 0 Å². The highest BCUT2D eigenvalue weighted by atomic mass is 32.2. The third-order valence-electron chi connectivity index (χ3n) is 3.86. The van der Waals surface area contributed by atoms with Crippen molar-refractivity contribution < 1.29 is 8.42 Å². The maximum Gasteiger partial charge on any atom is 0.234 e. The summed E-state index contributed by atoms with van der Waals surface area (Å²) in [4.78, 5) is 5.46. The van der Waals surface area contributed by atoms with Crippen molar-refractivity contribution in [3.05, 3.63) is 81.7 Å². The Kier molecular flexibility index (Phi) is 5.66. The van der Waals surface area contributed by atoms with E-state index in [4.69, 9.17) is 0 Å². The summed E-state index contributed by atoms with van der Waals surface area (Å²) in [6.45, 7) is 4.12. The molecule has 0 aliphatic rings. The molecule has 3 rings (SSSR count). The zero-order chi connectivity index (χ0) is 18.6. The second kappa shape index (κ2) is 7.95. The molecule has 3 aromatic rings. The number of hydrogen-bond acceptors (Lipinski definition) is 4. The molecule has 0 aliphatic heterocycles. The van der Waals surface area contributed by atoms with Crippen LogP contribution in [0.2, 0.25) is 0 Å². The first-order valence-electron chi connectivity index (χ1n) is 8.19. The maximum absolute atomic E-state index is 12.2. The third-order valence-corrected chi connectivity index (χ3v) is 6.11. The van der Waals surface area contributed by atoms with Crippen molar-refractivity contribution in [1.82, 2.24) is 9.71 Å². The van der Waals surface area contributed by atoms with Crippen LogP contribution in [0.5, 0.6) is 0 Å². The van der Waals surface area contributed by atoms with E-state index < -0.39 is 10.0 Å². The maximum atomic E-state index is 12.2. The Morgan fingerprint density at radius 3 is 2.42 bits per heavy atom. The predicted molar refractivity (Wildman–Crippen MR) is 108 cm³/mol. The first-order valence-corrected chi connectivity index (χ1v) is 10.6. The summed E-state index contributed by atoms with van der Waals surface area (Å²) in [5.41, 5.74) is 3.87. The highest BCUT2D eigenvalue weighted by molar-refractivity contribution is 7.92. The molecule has 0 radical (unpaired) electrons. The molecule has 0 bridgehead atoms. The largest absolute Gasteiger partial charge is 0.241 e. The quantitative estimate of drug-likeness (QED) is 0.680. The molecule has 0 saturated heterocycles. The van der Waals surface area contributed by atoms with Gasteiger partial charge in [-0.05, 0) is 25.5 Å². The van der Waals surface area contributed by atoms with E-state index in [1.165, 1.54) is 16.7 Å². The summed E-state index contributed by atoms with van der Waals surface area (Å²) in [6, 6.07) is 17.6. The van der Waals surface area contributed by atoms with Gasteiger partial charge in [-0.25, -0.2) is 18.1 Å². The highest BCUT2D eigenvalue weighted by Gasteiger charge is 2.12. The topological polar surface area (TPSA) is 59.1 Å². The minimum atomic E-state index is -3.51. The minimum Gasteiger partial charge on any atom is -0.241 e. The van der Waals surface area contributed by atoms with E-state index in [2.05, 4.69) is 9.71 Å². The Morgan fingerprint density at radius 2 is 1.73 bits per heavy atom. The normalized spacial score (nSPS) is 11.9. The molecule has 26 heavy (non-hydrogen) atoms. The van der Waals surface area contributed by atoms with Crippen molar-refractivity contribution in [2.45, 2.75) is 20.4 Å². The van der Waals surface area contributed by atoms with Crippen molar-refractivity contribution in [3.63, 3.8) is 0 Å². The number of sulfonamides is 1. The molecule has 4 nitrogen and oxygen atoms in total. The molecular formula is C20H20N2O2S2. The lowest BCUT2D eigenvalue weighted by molar-refractivity contribution is 0.591. The lowest BCUT2D eigenvalue weighted by atomic mass is 10.2. The average molecular weight is 385 g/mol. The number of nitrogens with one attached hydrogen (secondary N) is 1. The molecule has 1 heterocycles. The van der Waals surface area contributed by atoms with Gasteiger partial charge in [0.2, 0.25) is 10.0 Å². The highest BCUT2D eigenvalue weighted by Crippen LogP contribution is 2.27. The summed E-state index contributed by atoms with van der Waals surface area (Å²) in [5.74, 6) is 0. The van der Waals surface area contributed by atoms with E-state index in [-0.39, 0.29) is 6.54 Å². The molecule has 1 aromatic heterocycles. The van der Waals surface area contributed by atoms with Crippen molar-refractivity contribution in [2.75, 3.05) is 0 Å². The molecule has 0 aliphatic carbocycles. The van der Waals surface area contributed by atoms with Gasteiger partial charge in [-0.2, -0.15) is 0 Å². The number of rotatable bonds is 6. The van der Waals surface area contributed by atoms with Crippen LogP contribution in [-0.2, 0) is 16.6 Å². The second-order valence-corrected chi connectivity index (χ2v) is 8.71. The number of benzene rings is 2. The van der Waals surface area contributed by atoms with Crippen LogP contribution >= 0.6 is 11.3 Å². The van der Waals surface area contributed by atoms with Gasteiger partial charge in [0.25, 0.3) is 0 Å². The lowest BCUT2D eigenvalue weighted by Crippen LogP contribution is -2.20. The van der Waals surface area contributed by atoms with Gasteiger partial charge in [0.05, 0.1) is 5.69 Å². The van der Waals surface area contributed by atoms with Crippen LogP contribution in [0.15, 0.2) is 60.0 Å². The lowest BCUT2D eigenvalue weighted by Gasteiger charge is -2.01. The first kappa shape index (κ1) is 18.5. The molecule has 134 valence electrons. The molecular weight excluding hydrogens is 364 g/mol. The molecule has 0 spiro atoms. The molecule has 0 fully saturated rings. The van der Waals surface area contributed by atoms with Crippen LogP contribution in [0.4, 0.5) is 0 Å². The zero-order valence-corrected chi connectivity index (χ0v) is 16.3. The summed E-state index contributed by atoms with van der Waals surface area (Å²) in [6.07, 6.45) is 1.59. The van der Waals surface area contributed by atoms with E-state index in [9.17, 15) is 8.42 Å². The van der Waals surface area contributed by atoms with Gasteiger partial charge in [-0.1, -0.05) is 60.2 Å². The van der Waals surface area contributed by atoms with E-state index in [0.29, 0.717) is 0 Å². The number of aryl methyl sites for hydroxylation is 2. The smallest absolute Gasteiger partial charge is 0.234 e. The Hall–Kier alpha value is -2.28. The summed E-state index contributed by atoms with van der Waals surface area (Å²) in [7, 11) is -3.51. The first-order chi connectivity index (χ1) is 12.4. The Labute approximate surface area is 158 Å². The number of thiazole rings is 1. The summed E-state index contributed by atoms with van der Waals surface area (Å²) in [5, 5.41) is 2.10. The number of nitrogens with zero attached hydrogens (tertiary/aromatic N) is 1. The Balaban J connectivity index is 1.68. The number of aromatic nitrogens is 1. The van der Waals surface area contributed by atoms with E-state index in [1.54, 1.807) is 6.08 Å². The summed E-state index contributed by atoms with van der Waals surface area (Å²) >= 11 is 1.51. The van der Waals surface area contributed by atoms with E-state index in [0.717, 1.165) is 32.3 Å². The van der Waals surface area contributed by atoms with Gasteiger partial charge in [0, 0.05) is 22.4 Å². The van der Waals surface area contributed by atoms with Crippen molar-refractivity contribution >= 4 is 27.4 Å². The molecule has 0 saturated carbocycles. The molecule has 0 amide bonds. The van der Waals surface area contributed by atoms with Crippen LogP contribution in [0.25, 0.3) is 16.6 Å². The third kappa shape index (κ3) is 4.88.